The van der Waals surface area contributed by atoms with Crippen molar-refractivity contribution in [2.45, 2.75) is 17.1 Å². The molecular weight excluding hydrogens is 266 g/mol. The van der Waals surface area contributed by atoms with Gasteiger partial charge in [0.15, 0.2) is 9.84 Å². The molecule has 1 aliphatic heterocycles. The first-order chi connectivity index (χ1) is 6.51. The summed E-state index contributed by atoms with van der Waals surface area (Å²) in [4.78, 5) is 0.394. The molecule has 76 valence electrons. The Kier molecular flexibility index (Phi) is 2.31. The maximum absolute atomic E-state index is 11.9. The summed E-state index contributed by atoms with van der Waals surface area (Å²) in [7, 11) is -3.14. The smallest absolute Gasteiger partial charge is 0.184 e. The van der Waals surface area contributed by atoms with Gasteiger partial charge in [-0.1, -0.05) is 15.9 Å². The zero-order chi connectivity index (χ0) is 10.3. The molecule has 3 nitrogen and oxygen atoms in total. The van der Waals surface area contributed by atoms with Gasteiger partial charge in [-0.05, 0) is 25.1 Å². The van der Waals surface area contributed by atoms with E-state index in [0.717, 1.165) is 4.47 Å². The highest BCUT2D eigenvalue weighted by molar-refractivity contribution is 9.10. The second kappa shape index (κ2) is 3.24. The Labute approximate surface area is 91.6 Å². The van der Waals surface area contributed by atoms with E-state index < -0.39 is 9.84 Å². The second-order valence-corrected chi connectivity index (χ2v) is 6.63. The predicted octanol–water partition coefficient (Wildman–Crippen LogP) is 2.04. The quantitative estimate of drug-likeness (QED) is 0.788. The fraction of sp³-hybridized carbons (Fsp3) is 0.333. The largest absolute Gasteiger partial charge is 0.383 e. The van der Waals surface area contributed by atoms with Crippen molar-refractivity contribution in [2.24, 2.45) is 0 Å². The number of fused-ring (bicyclic) bond motifs is 1. The Hall–Kier alpha value is -0.550. The summed E-state index contributed by atoms with van der Waals surface area (Å²) < 4.78 is 24.6. The molecule has 14 heavy (non-hydrogen) atoms. The zero-order valence-electron chi connectivity index (χ0n) is 7.62. The number of benzene rings is 1. The van der Waals surface area contributed by atoms with E-state index in [9.17, 15) is 8.42 Å². The van der Waals surface area contributed by atoms with E-state index in [1.54, 1.807) is 19.1 Å². The van der Waals surface area contributed by atoms with Gasteiger partial charge in [-0.25, -0.2) is 8.42 Å². The van der Waals surface area contributed by atoms with Gasteiger partial charge in [0.05, 0.1) is 15.8 Å². The van der Waals surface area contributed by atoms with Gasteiger partial charge in [0.25, 0.3) is 0 Å². The highest BCUT2D eigenvalue weighted by Gasteiger charge is 2.30. The van der Waals surface area contributed by atoms with Gasteiger partial charge in [0, 0.05) is 11.0 Å². The predicted molar refractivity (Wildman–Crippen MR) is 59.3 cm³/mol. The number of anilines is 1. The molecule has 0 saturated carbocycles. The van der Waals surface area contributed by atoms with Gasteiger partial charge < -0.3 is 5.32 Å². The molecule has 0 aromatic heterocycles. The number of hydrogen-bond acceptors (Lipinski definition) is 3. The van der Waals surface area contributed by atoms with E-state index in [1.807, 2.05) is 6.07 Å². The summed E-state index contributed by atoms with van der Waals surface area (Å²) in [6.45, 7) is 2.20. The highest BCUT2D eigenvalue weighted by atomic mass is 79.9. The molecule has 0 radical (unpaired) electrons. The first-order valence-electron chi connectivity index (χ1n) is 4.29. The van der Waals surface area contributed by atoms with Crippen LogP contribution in [0.5, 0.6) is 0 Å². The van der Waals surface area contributed by atoms with Gasteiger partial charge in [-0.2, -0.15) is 0 Å². The standard InChI is InChI=1S/C9H10BrNO2S/c1-6-5-11-8-3-2-7(10)4-9(8)14(6,12)13/h2-4,6,11H,5H2,1H3. The molecule has 1 unspecified atom stereocenters. The average molecular weight is 276 g/mol. The normalized spacial score (nSPS) is 23.7. The molecule has 0 bridgehead atoms. The highest BCUT2D eigenvalue weighted by Crippen LogP contribution is 2.31. The van der Waals surface area contributed by atoms with Crippen molar-refractivity contribution in [3.05, 3.63) is 22.7 Å². The van der Waals surface area contributed by atoms with Gasteiger partial charge in [0.1, 0.15) is 0 Å². The fourth-order valence-electron chi connectivity index (χ4n) is 1.46. The molecule has 1 heterocycles. The van der Waals surface area contributed by atoms with Crippen molar-refractivity contribution in [1.82, 2.24) is 0 Å². The molecule has 1 N–H and O–H groups in total. The van der Waals surface area contributed by atoms with E-state index in [-0.39, 0.29) is 5.25 Å². The number of sulfone groups is 1. The molecule has 1 aliphatic rings. The van der Waals surface area contributed by atoms with Gasteiger partial charge in [0.2, 0.25) is 0 Å². The minimum Gasteiger partial charge on any atom is -0.383 e. The SMILES string of the molecule is CC1CNc2ccc(Br)cc2S1(=O)=O. The lowest BCUT2D eigenvalue weighted by Gasteiger charge is -2.23. The summed E-state index contributed by atoms with van der Waals surface area (Å²) in [5.74, 6) is 0. The van der Waals surface area contributed by atoms with Crippen molar-refractivity contribution < 1.29 is 8.42 Å². The summed E-state index contributed by atoms with van der Waals surface area (Å²) in [5.41, 5.74) is 0.700. The molecule has 0 amide bonds. The molecule has 0 spiro atoms. The maximum atomic E-state index is 11.9. The first kappa shape index (κ1) is 9.98. The van der Waals surface area contributed by atoms with E-state index in [0.29, 0.717) is 17.1 Å². The van der Waals surface area contributed by atoms with Crippen LogP contribution in [-0.2, 0) is 9.84 Å². The molecule has 2 rings (SSSR count). The molecule has 1 aromatic carbocycles. The Morgan fingerprint density at radius 2 is 2.21 bits per heavy atom. The maximum Gasteiger partial charge on any atom is 0.184 e. The first-order valence-corrected chi connectivity index (χ1v) is 6.63. The third-order valence-corrected chi connectivity index (χ3v) is 5.03. The van der Waals surface area contributed by atoms with Crippen molar-refractivity contribution in [2.75, 3.05) is 11.9 Å². The van der Waals surface area contributed by atoms with Crippen molar-refractivity contribution in [3.8, 4) is 0 Å². The van der Waals surface area contributed by atoms with Crippen LogP contribution in [0.2, 0.25) is 0 Å². The molecule has 0 fully saturated rings. The lowest BCUT2D eigenvalue weighted by Crippen LogP contribution is -2.31. The van der Waals surface area contributed by atoms with Gasteiger partial charge in [-0.3, -0.25) is 0 Å². The Morgan fingerprint density at radius 1 is 1.50 bits per heavy atom. The van der Waals surface area contributed by atoms with Crippen LogP contribution in [0.4, 0.5) is 5.69 Å². The summed E-state index contributed by atoms with van der Waals surface area (Å²) in [5, 5.41) is 2.74. The van der Waals surface area contributed by atoms with Crippen molar-refractivity contribution in [3.63, 3.8) is 0 Å². The van der Waals surface area contributed by atoms with Gasteiger partial charge >= 0.3 is 0 Å². The average Bonchev–Trinajstić information content (AvgIpc) is 2.13. The van der Waals surface area contributed by atoms with Crippen LogP contribution in [0.3, 0.4) is 0 Å². The molecule has 0 aliphatic carbocycles. The second-order valence-electron chi connectivity index (χ2n) is 3.38. The minimum atomic E-state index is -3.14. The van der Waals surface area contributed by atoms with E-state index in [2.05, 4.69) is 21.2 Å². The lowest BCUT2D eigenvalue weighted by atomic mass is 10.3. The lowest BCUT2D eigenvalue weighted by molar-refractivity contribution is 0.582. The number of nitrogens with one attached hydrogen (secondary N) is 1. The van der Waals surface area contributed by atoms with Crippen LogP contribution >= 0.6 is 15.9 Å². The van der Waals surface area contributed by atoms with E-state index >= 15 is 0 Å². The molecule has 5 heteroatoms. The Morgan fingerprint density at radius 3 is 2.93 bits per heavy atom. The number of halogens is 1. The topological polar surface area (TPSA) is 46.2 Å². The van der Waals surface area contributed by atoms with Crippen molar-refractivity contribution in [1.29, 1.82) is 0 Å². The van der Waals surface area contributed by atoms with Gasteiger partial charge in [-0.15, -0.1) is 0 Å². The van der Waals surface area contributed by atoms with Crippen LogP contribution in [0.1, 0.15) is 6.92 Å². The Bertz CT molecular complexity index is 470. The summed E-state index contributed by atoms with van der Waals surface area (Å²) in [6, 6.07) is 5.26. The monoisotopic (exact) mass is 275 g/mol. The molecule has 1 atom stereocenters. The third kappa shape index (κ3) is 1.44. The van der Waals surface area contributed by atoms with Crippen LogP contribution in [0, 0.1) is 0 Å². The van der Waals surface area contributed by atoms with Crippen LogP contribution in [0.25, 0.3) is 0 Å². The van der Waals surface area contributed by atoms with E-state index in [1.165, 1.54) is 0 Å². The third-order valence-electron chi connectivity index (χ3n) is 2.36. The molecule has 1 aromatic rings. The Balaban J connectivity index is 2.68. The van der Waals surface area contributed by atoms with Crippen LogP contribution < -0.4 is 5.32 Å². The summed E-state index contributed by atoms with van der Waals surface area (Å²) >= 11 is 3.27. The summed E-state index contributed by atoms with van der Waals surface area (Å²) in [6.07, 6.45) is 0. The molecule has 0 saturated heterocycles. The van der Waals surface area contributed by atoms with Crippen LogP contribution in [-0.4, -0.2) is 20.2 Å². The fourth-order valence-corrected chi connectivity index (χ4v) is 3.44. The molecular formula is C9H10BrNO2S. The zero-order valence-corrected chi connectivity index (χ0v) is 10.0. The minimum absolute atomic E-state index is 0.357. The number of hydrogen-bond donors (Lipinski definition) is 1. The van der Waals surface area contributed by atoms with Crippen molar-refractivity contribution >= 4 is 31.5 Å². The van der Waals surface area contributed by atoms with E-state index in [4.69, 9.17) is 0 Å². The van der Waals surface area contributed by atoms with Crippen LogP contribution in [0.15, 0.2) is 27.6 Å². The number of rotatable bonds is 0.